The lowest BCUT2D eigenvalue weighted by atomic mass is 10.2. The fourth-order valence-electron chi connectivity index (χ4n) is 2.52. The highest BCUT2D eigenvalue weighted by molar-refractivity contribution is 5.95. The molecule has 2 aromatic carbocycles. The first-order valence-electron chi connectivity index (χ1n) is 8.46. The smallest absolute Gasteiger partial charge is 0.271 e. The Kier molecular flexibility index (Phi) is 6.06. The van der Waals surface area contributed by atoms with Crippen LogP contribution in [0.5, 0.6) is 11.5 Å². The average molecular weight is 374 g/mol. The summed E-state index contributed by atoms with van der Waals surface area (Å²) in [6.07, 6.45) is 5.37. The minimum absolute atomic E-state index is 0.0665. The van der Waals surface area contributed by atoms with Crippen molar-refractivity contribution in [3.8, 4) is 23.3 Å². The van der Waals surface area contributed by atoms with Crippen molar-refractivity contribution in [1.29, 1.82) is 5.26 Å². The molecule has 0 unspecified atom stereocenters. The molecule has 0 saturated heterocycles. The quantitative estimate of drug-likeness (QED) is 0.508. The fraction of sp³-hybridized carbons (Fsp3) is 0.0952. The summed E-state index contributed by atoms with van der Waals surface area (Å²) in [6.45, 7) is -0.0665. The number of aromatic nitrogens is 1. The molecule has 0 aliphatic rings. The number of hydrogen-bond acceptors (Lipinski definition) is 5. The van der Waals surface area contributed by atoms with Crippen molar-refractivity contribution in [2.45, 2.75) is 0 Å². The Balaban J connectivity index is 1.62. The number of nitriles is 1. The minimum atomic E-state index is -0.309. The molecule has 140 valence electrons. The van der Waals surface area contributed by atoms with E-state index in [9.17, 15) is 4.79 Å². The molecule has 0 spiro atoms. The molecule has 0 atom stereocenters. The van der Waals surface area contributed by atoms with Crippen molar-refractivity contribution in [2.75, 3.05) is 13.7 Å². The SMILES string of the molecule is COc1cc(/C=N/NC(=O)c2ccc(-n3cccc3)cc2)ccc1OCC#N. The number of amides is 1. The van der Waals surface area contributed by atoms with Crippen LogP contribution in [0.15, 0.2) is 72.1 Å². The third kappa shape index (κ3) is 4.56. The lowest BCUT2D eigenvalue weighted by Gasteiger charge is -2.08. The van der Waals surface area contributed by atoms with E-state index in [-0.39, 0.29) is 12.5 Å². The van der Waals surface area contributed by atoms with E-state index in [1.165, 1.54) is 13.3 Å². The number of nitrogens with zero attached hydrogens (tertiary/aromatic N) is 3. The van der Waals surface area contributed by atoms with Gasteiger partial charge in [-0.15, -0.1) is 0 Å². The van der Waals surface area contributed by atoms with Gasteiger partial charge in [0.15, 0.2) is 18.1 Å². The number of hydrogen-bond donors (Lipinski definition) is 1. The second-order valence-corrected chi connectivity index (χ2v) is 5.69. The normalized spacial score (nSPS) is 10.4. The molecule has 28 heavy (non-hydrogen) atoms. The number of nitrogens with one attached hydrogen (secondary N) is 1. The van der Waals surface area contributed by atoms with Crippen molar-refractivity contribution in [3.63, 3.8) is 0 Å². The van der Waals surface area contributed by atoms with Crippen molar-refractivity contribution in [1.82, 2.24) is 9.99 Å². The van der Waals surface area contributed by atoms with Gasteiger partial charge in [0, 0.05) is 23.6 Å². The van der Waals surface area contributed by atoms with Crippen LogP contribution >= 0.6 is 0 Å². The number of ether oxygens (including phenoxy) is 2. The fourth-order valence-corrected chi connectivity index (χ4v) is 2.52. The molecule has 1 amide bonds. The van der Waals surface area contributed by atoms with Crippen LogP contribution in [-0.4, -0.2) is 30.4 Å². The van der Waals surface area contributed by atoms with Crippen LogP contribution in [0.1, 0.15) is 15.9 Å². The number of carbonyl (C=O) groups is 1. The number of methoxy groups -OCH3 is 1. The summed E-state index contributed by atoms with van der Waals surface area (Å²) >= 11 is 0. The summed E-state index contributed by atoms with van der Waals surface area (Å²) in [6, 6.07) is 18.1. The Morgan fingerprint density at radius 1 is 1.18 bits per heavy atom. The van der Waals surface area contributed by atoms with Gasteiger partial charge in [0.05, 0.1) is 13.3 Å². The molecule has 0 bridgehead atoms. The Bertz CT molecular complexity index is 1000. The predicted octanol–water partition coefficient (Wildman–Crippen LogP) is 3.15. The molecule has 0 aliphatic heterocycles. The number of rotatable bonds is 7. The van der Waals surface area contributed by atoms with Crippen molar-refractivity contribution in [3.05, 3.63) is 78.1 Å². The summed E-state index contributed by atoms with van der Waals surface area (Å²) in [7, 11) is 1.51. The molecule has 0 saturated carbocycles. The summed E-state index contributed by atoms with van der Waals surface area (Å²) in [4.78, 5) is 12.2. The molecular formula is C21H18N4O3. The molecule has 3 rings (SSSR count). The second-order valence-electron chi connectivity index (χ2n) is 5.69. The number of carbonyl (C=O) groups excluding carboxylic acids is 1. The highest BCUT2D eigenvalue weighted by Crippen LogP contribution is 2.27. The minimum Gasteiger partial charge on any atom is -0.493 e. The summed E-state index contributed by atoms with van der Waals surface area (Å²) in [5.74, 6) is 0.635. The van der Waals surface area contributed by atoms with E-state index < -0.39 is 0 Å². The molecule has 7 nitrogen and oxygen atoms in total. The third-order valence-electron chi connectivity index (χ3n) is 3.89. The Morgan fingerprint density at radius 3 is 2.61 bits per heavy atom. The van der Waals surface area contributed by atoms with Crippen molar-refractivity contribution in [2.24, 2.45) is 5.10 Å². The van der Waals surface area contributed by atoms with Crippen LogP contribution < -0.4 is 14.9 Å². The van der Waals surface area contributed by atoms with Crippen LogP contribution in [-0.2, 0) is 0 Å². The monoisotopic (exact) mass is 374 g/mol. The van der Waals surface area contributed by atoms with Gasteiger partial charge >= 0.3 is 0 Å². The first kappa shape index (κ1) is 18.7. The van der Waals surface area contributed by atoms with Crippen molar-refractivity contribution >= 4 is 12.1 Å². The van der Waals surface area contributed by atoms with Gasteiger partial charge in [-0.3, -0.25) is 4.79 Å². The Hall–Kier alpha value is -4.05. The highest BCUT2D eigenvalue weighted by atomic mass is 16.5. The maximum Gasteiger partial charge on any atom is 0.271 e. The lowest BCUT2D eigenvalue weighted by molar-refractivity contribution is 0.0955. The van der Waals surface area contributed by atoms with Gasteiger partial charge in [-0.25, -0.2) is 5.43 Å². The zero-order chi connectivity index (χ0) is 19.8. The molecule has 0 aliphatic carbocycles. The van der Waals surface area contributed by atoms with Gasteiger partial charge < -0.3 is 14.0 Å². The highest BCUT2D eigenvalue weighted by Gasteiger charge is 2.06. The van der Waals surface area contributed by atoms with Gasteiger partial charge in [0.25, 0.3) is 5.91 Å². The maximum atomic E-state index is 12.2. The van der Waals surface area contributed by atoms with Crippen LogP contribution in [0.2, 0.25) is 0 Å². The molecule has 7 heteroatoms. The van der Waals surface area contributed by atoms with Crippen LogP contribution in [0, 0.1) is 11.3 Å². The van der Waals surface area contributed by atoms with Gasteiger partial charge in [0.2, 0.25) is 0 Å². The first-order valence-corrected chi connectivity index (χ1v) is 8.46. The summed E-state index contributed by atoms with van der Waals surface area (Å²) < 4.78 is 12.5. The van der Waals surface area contributed by atoms with Gasteiger partial charge in [0.1, 0.15) is 6.07 Å². The maximum absolute atomic E-state index is 12.2. The van der Waals surface area contributed by atoms with E-state index in [1.807, 2.05) is 47.3 Å². The van der Waals surface area contributed by atoms with Gasteiger partial charge in [-0.05, 0) is 60.2 Å². The van der Waals surface area contributed by atoms with E-state index in [0.717, 1.165) is 5.69 Å². The zero-order valence-corrected chi connectivity index (χ0v) is 15.2. The second kappa shape index (κ2) is 9.05. The van der Waals surface area contributed by atoms with Crippen molar-refractivity contribution < 1.29 is 14.3 Å². The summed E-state index contributed by atoms with van der Waals surface area (Å²) in [5, 5.41) is 12.6. The molecule has 0 radical (unpaired) electrons. The van der Waals surface area contributed by atoms with E-state index in [2.05, 4.69) is 10.5 Å². The van der Waals surface area contributed by atoms with Crippen LogP contribution in [0.3, 0.4) is 0 Å². The number of hydrazone groups is 1. The van der Waals surface area contributed by atoms with E-state index >= 15 is 0 Å². The Labute approximate surface area is 162 Å². The first-order chi connectivity index (χ1) is 13.7. The third-order valence-corrected chi connectivity index (χ3v) is 3.89. The standard InChI is InChI=1S/C21H18N4O3/c1-27-20-14-16(4-9-19(20)28-13-10-22)15-23-24-21(26)17-5-7-18(8-6-17)25-11-2-3-12-25/h2-9,11-12,14-15H,13H2,1H3,(H,24,26)/b23-15+. The number of benzene rings is 2. The van der Waals surface area contributed by atoms with E-state index in [1.54, 1.807) is 30.3 Å². The Morgan fingerprint density at radius 2 is 1.93 bits per heavy atom. The average Bonchev–Trinajstić information content (AvgIpc) is 3.27. The molecule has 1 aromatic heterocycles. The topological polar surface area (TPSA) is 88.6 Å². The van der Waals surface area contributed by atoms with Gasteiger partial charge in [-0.1, -0.05) is 0 Å². The molecule has 1 heterocycles. The van der Waals surface area contributed by atoms with E-state index in [0.29, 0.717) is 22.6 Å². The molecule has 1 N–H and O–H groups in total. The molecular weight excluding hydrogens is 356 g/mol. The predicted molar refractivity (Wildman–Crippen MR) is 105 cm³/mol. The van der Waals surface area contributed by atoms with Crippen LogP contribution in [0.4, 0.5) is 0 Å². The van der Waals surface area contributed by atoms with Gasteiger partial charge in [-0.2, -0.15) is 10.4 Å². The molecule has 0 fully saturated rings. The summed E-state index contributed by atoms with van der Waals surface area (Å²) in [5.41, 5.74) is 4.68. The lowest BCUT2D eigenvalue weighted by Crippen LogP contribution is -2.17. The zero-order valence-electron chi connectivity index (χ0n) is 15.2. The van der Waals surface area contributed by atoms with E-state index in [4.69, 9.17) is 14.7 Å². The van der Waals surface area contributed by atoms with Crippen LogP contribution in [0.25, 0.3) is 5.69 Å². The largest absolute Gasteiger partial charge is 0.493 e. The molecule has 3 aromatic rings.